The predicted octanol–water partition coefficient (Wildman–Crippen LogP) is 3.41. The Balaban J connectivity index is 2.72. The molecule has 94 valence electrons. The average Bonchev–Trinajstić information content (AvgIpc) is 2.32. The van der Waals surface area contributed by atoms with Gasteiger partial charge in [-0.25, -0.2) is 9.37 Å². The second-order valence-electron chi connectivity index (χ2n) is 3.38. The topological polar surface area (TPSA) is 77.8 Å². The van der Waals surface area contributed by atoms with Gasteiger partial charge in [0.15, 0.2) is 0 Å². The largest absolute Gasteiger partial charge is 0.383 e. The first-order valence-corrected chi connectivity index (χ1v) is 5.76. The maximum atomic E-state index is 13.5. The third-order valence-corrected chi connectivity index (χ3v) is 3.56. The summed E-state index contributed by atoms with van der Waals surface area (Å²) in [6.45, 7) is 0. The molecule has 0 saturated heterocycles. The van der Waals surface area contributed by atoms with Gasteiger partial charge in [0.2, 0.25) is 5.95 Å². The van der Waals surface area contributed by atoms with Gasteiger partial charge in [-0.3, -0.25) is 0 Å². The molecule has 0 saturated carbocycles. The summed E-state index contributed by atoms with van der Waals surface area (Å²) in [4.78, 5) is 7.53. The highest BCUT2D eigenvalue weighted by molar-refractivity contribution is 6.49. The van der Waals surface area contributed by atoms with Crippen molar-refractivity contribution in [3.63, 3.8) is 0 Å². The van der Waals surface area contributed by atoms with Crippen LogP contribution in [-0.2, 0) is 0 Å². The minimum Gasteiger partial charge on any atom is -0.383 e. The van der Waals surface area contributed by atoms with Crippen LogP contribution < -0.4 is 11.5 Å². The van der Waals surface area contributed by atoms with Crippen LogP contribution in [-0.4, -0.2) is 9.97 Å². The summed E-state index contributed by atoms with van der Waals surface area (Å²) in [6, 6.07) is 1.11. The van der Waals surface area contributed by atoms with Crippen molar-refractivity contribution in [1.82, 2.24) is 9.97 Å². The number of nitrogens with two attached hydrogens (primary N) is 2. The van der Waals surface area contributed by atoms with E-state index in [-0.39, 0.29) is 32.4 Å². The van der Waals surface area contributed by atoms with Crippen LogP contribution >= 0.6 is 34.8 Å². The van der Waals surface area contributed by atoms with Gasteiger partial charge in [0.05, 0.1) is 15.1 Å². The molecule has 0 aliphatic rings. The summed E-state index contributed by atoms with van der Waals surface area (Å²) >= 11 is 17.4. The Morgan fingerprint density at radius 2 is 1.67 bits per heavy atom. The number of anilines is 2. The lowest BCUT2D eigenvalue weighted by atomic mass is 10.1. The van der Waals surface area contributed by atoms with E-state index in [4.69, 9.17) is 46.3 Å². The molecule has 0 spiro atoms. The third-order valence-electron chi connectivity index (χ3n) is 2.23. The van der Waals surface area contributed by atoms with Crippen molar-refractivity contribution in [3.8, 4) is 11.1 Å². The molecule has 0 fully saturated rings. The van der Waals surface area contributed by atoms with E-state index in [1.54, 1.807) is 0 Å². The zero-order valence-electron chi connectivity index (χ0n) is 8.72. The molecular formula is C10H6Cl3FN4. The number of halogens is 4. The van der Waals surface area contributed by atoms with Crippen LogP contribution in [0.1, 0.15) is 0 Å². The average molecular weight is 308 g/mol. The van der Waals surface area contributed by atoms with Crippen LogP contribution in [0.4, 0.5) is 16.2 Å². The normalized spacial score (nSPS) is 10.7. The van der Waals surface area contributed by atoms with E-state index in [1.807, 2.05) is 0 Å². The first-order valence-electron chi connectivity index (χ1n) is 4.63. The fourth-order valence-electron chi connectivity index (χ4n) is 1.39. The van der Waals surface area contributed by atoms with Gasteiger partial charge in [-0.2, -0.15) is 4.98 Å². The van der Waals surface area contributed by atoms with Gasteiger partial charge >= 0.3 is 0 Å². The van der Waals surface area contributed by atoms with Crippen LogP contribution in [0, 0.1) is 5.82 Å². The summed E-state index contributed by atoms with van der Waals surface area (Å²) in [6.07, 6.45) is 1.34. The van der Waals surface area contributed by atoms with Crippen molar-refractivity contribution in [2.75, 3.05) is 11.5 Å². The Kier molecular flexibility index (Phi) is 3.47. The quantitative estimate of drug-likeness (QED) is 0.625. The van der Waals surface area contributed by atoms with Gasteiger partial charge < -0.3 is 11.5 Å². The number of benzene rings is 1. The molecule has 4 N–H and O–H groups in total. The van der Waals surface area contributed by atoms with E-state index < -0.39 is 5.82 Å². The molecular weight excluding hydrogens is 301 g/mol. The second kappa shape index (κ2) is 4.76. The highest BCUT2D eigenvalue weighted by Gasteiger charge is 2.17. The van der Waals surface area contributed by atoms with Gasteiger partial charge in [0.1, 0.15) is 11.6 Å². The zero-order valence-corrected chi connectivity index (χ0v) is 11.0. The minimum atomic E-state index is -0.711. The molecule has 0 bridgehead atoms. The molecule has 0 radical (unpaired) electrons. The summed E-state index contributed by atoms with van der Waals surface area (Å²) in [7, 11) is 0. The third kappa shape index (κ3) is 2.16. The molecule has 4 nitrogen and oxygen atoms in total. The maximum absolute atomic E-state index is 13.5. The van der Waals surface area contributed by atoms with Crippen molar-refractivity contribution >= 4 is 46.6 Å². The van der Waals surface area contributed by atoms with Crippen LogP contribution in [0.25, 0.3) is 11.1 Å². The minimum absolute atomic E-state index is 0.00732. The molecule has 18 heavy (non-hydrogen) atoms. The summed E-state index contributed by atoms with van der Waals surface area (Å²) in [5.41, 5.74) is 11.6. The van der Waals surface area contributed by atoms with Gasteiger partial charge in [-0.1, -0.05) is 34.8 Å². The van der Waals surface area contributed by atoms with Crippen molar-refractivity contribution in [2.24, 2.45) is 0 Å². The second-order valence-corrected chi connectivity index (χ2v) is 4.51. The number of hydrogen-bond donors (Lipinski definition) is 2. The van der Waals surface area contributed by atoms with Gasteiger partial charge in [-0.05, 0) is 6.07 Å². The standard InChI is InChI=1S/C10H6Cl3FN4/c11-6-3(1-5(14)7(12)8(6)13)4-2-17-10(16)18-9(4)15/h1-2H,(H4,15,16,17,18). The number of nitrogen functional groups attached to an aromatic ring is 2. The van der Waals surface area contributed by atoms with E-state index in [2.05, 4.69) is 9.97 Å². The molecule has 0 atom stereocenters. The molecule has 2 aromatic rings. The SMILES string of the molecule is Nc1ncc(-c2cc(F)c(Cl)c(Cl)c2Cl)c(N)n1. The van der Waals surface area contributed by atoms with Gasteiger partial charge in [0, 0.05) is 17.3 Å². The molecule has 0 aliphatic carbocycles. The molecule has 1 aromatic carbocycles. The van der Waals surface area contributed by atoms with Crippen LogP contribution in [0.5, 0.6) is 0 Å². The van der Waals surface area contributed by atoms with Crippen molar-refractivity contribution in [2.45, 2.75) is 0 Å². The van der Waals surface area contributed by atoms with Crippen molar-refractivity contribution in [3.05, 3.63) is 33.1 Å². The van der Waals surface area contributed by atoms with E-state index >= 15 is 0 Å². The highest BCUT2D eigenvalue weighted by atomic mass is 35.5. The highest BCUT2D eigenvalue weighted by Crippen LogP contribution is 2.40. The van der Waals surface area contributed by atoms with Crippen molar-refractivity contribution < 1.29 is 4.39 Å². The van der Waals surface area contributed by atoms with Gasteiger partial charge in [-0.15, -0.1) is 0 Å². The number of aromatic nitrogens is 2. The zero-order chi connectivity index (χ0) is 13.4. The Morgan fingerprint density at radius 3 is 2.28 bits per heavy atom. The Hall–Kier alpha value is -1.30. The number of rotatable bonds is 1. The van der Waals surface area contributed by atoms with E-state index in [9.17, 15) is 4.39 Å². The fraction of sp³-hybridized carbons (Fsp3) is 0. The Morgan fingerprint density at radius 1 is 1.00 bits per heavy atom. The molecule has 1 aromatic heterocycles. The van der Waals surface area contributed by atoms with Gasteiger partial charge in [0.25, 0.3) is 0 Å². The fourth-order valence-corrected chi connectivity index (χ4v) is 2.03. The van der Waals surface area contributed by atoms with E-state index in [0.29, 0.717) is 5.56 Å². The van der Waals surface area contributed by atoms with Crippen molar-refractivity contribution in [1.29, 1.82) is 0 Å². The molecule has 1 heterocycles. The smallest absolute Gasteiger partial charge is 0.221 e. The monoisotopic (exact) mass is 306 g/mol. The molecule has 8 heteroatoms. The van der Waals surface area contributed by atoms with E-state index in [1.165, 1.54) is 6.20 Å². The predicted molar refractivity (Wildman–Crippen MR) is 71.3 cm³/mol. The van der Waals surface area contributed by atoms with Crippen LogP contribution in [0.2, 0.25) is 15.1 Å². The van der Waals surface area contributed by atoms with Crippen LogP contribution in [0.3, 0.4) is 0 Å². The Labute approximate surface area is 117 Å². The number of nitrogens with zero attached hydrogens (tertiary/aromatic N) is 2. The molecule has 2 rings (SSSR count). The molecule has 0 aliphatic heterocycles. The summed E-state index contributed by atoms with van der Waals surface area (Å²) in [5, 5.41) is -0.270. The summed E-state index contributed by atoms with van der Waals surface area (Å²) < 4.78 is 13.5. The molecule has 0 unspecified atom stereocenters. The lowest BCUT2D eigenvalue weighted by molar-refractivity contribution is 0.629. The summed E-state index contributed by atoms with van der Waals surface area (Å²) in [5.74, 6) is -0.632. The first kappa shape index (κ1) is 13.1. The Bertz CT molecular complexity index is 633. The van der Waals surface area contributed by atoms with Crippen LogP contribution in [0.15, 0.2) is 12.3 Å². The lowest BCUT2D eigenvalue weighted by Crippen LogP contribution is -2.01. The molecule has 0 amide bonds. The lowest BCUT2D eigenvalue weighted by Gasteiger charge is -2.10. The first-order chi connectivity index (χ1) is 8.41. The number of hydrogen-bond acceptors (Lipinski definition) is 4. The van der Waals surface area contributed by atoms with E-state index in [0.717, 1.165) is 6.07 Å². The maximum Gasteiger partial charge on any atom is 0.221 e.